The Hall–Kier alpha value is -5.56. The molecular weight excluding hydrogens is 574 g/mol. The van der Waals surface area contributed by atoms with Crippen LogP contribution in [0.15, 0.2) is 97.8 Å². The van der Waals surface area contributed by atoms with E-state index in [1.54, 1.807) is 50.2 Å². The van der Waals surface area contributed by atoms with Gasteiger partial charge in [0.1, 0.15) is 24.3 Å². The quantitative estimate of drug-likeness (QED) is 0.276. The van der Waals surface area contributed by atoms with E-state index >= 15 is 0 Å². The molecule has 0 saturated carbocycles. The number of carbonyl (C=O) groups excluding carboxylic acids is 3. The third-order valence-corrected chi connectivity index (χ3v) is 7.98. The van der Waals surface area contributed by atoms with Crippen molar-refractivity contribution in [3.63, 3.8) is 0 Å². The second-order valence-corrected chi connectivity index (χ2v) is 10.9. The molecule has 3 heterocycles. The molecule has 0 radical (unpaired) electrons. The predicted molar refractivity (Wildman–Crippen MR) is 163 cm³/mol. The number of urea groups is 1. The van der Waals surface area contributed by atoms with Crippen molar-refractivity contribution in [1.82, 2.24) is 45.3 Å². The fourth-order valence-corrected chi connectivity index (χ4v) is 5.90. The zero-order valence-corrected chi connectivity index (χ0v) is 24.5. The van der Waals surface area contributed by atoms with Crippen LogP contribution < -0.4 is 5.32 Å². The number of phenolic OH excluding ortho intramolecular Hbond substituents is 1. The fraction of sp³-hybridized carbons (Fsp3) is 0.250. The van der Waals surface area contributed by atoms with Gasteiger partial charge in [0.05, 0.1) is 18.8 Å². The number of hydrogen-bond acceptors (Lipinski definition) is 8. The number of rotatable bonds is 9. The van der Waals surface area contributed by atoms with Crippen LogP contribution >= 0.6 is 0 Å². The van der Waals surface area contributed by atoms with Crippen molar-refractivity contribution in [2.75, 3.05) is 19.6 Å². The van der Waals surface area contributed by atoms with Gasteiger partial charge in [-0.25, -0.2) is 19.5 Å². The number of aromatic nitrogens is 4. The van der Waals surface area contributed by atoms with Crippen LogP contribution in [0.25, 0.3) is 5.69 Å². The molecule has 0 bridgehead atoms. The number of piperazine rings is 1. The lowest BCUT2D eigenvalue weighted by atomic mass is 9.98. The largest absolute Gasteiger partial charge is 0.508 e. The van der Waals surface area contributed by atoms with Gasteiger partial charge < -0.3 is 20.2 Å². The Labute approximate surface area is 259 Å². The highest BCUT2D eigenvalue weighted by Gasteiger charge is 2.51. The number of amides is 4. The summed E-state index contributed by atoms with van der Waals surface area (Å²) in [6.07, 6.45) is 2.54. The zero-order chi connectivity index (χ0) is 31.3. The monoisotopic (exact) mass is 607 g/mol. The number of carbonyl (C=O) groups is 3. The van der Waals surface area contributed by atoms with Crippen molar-refractivity contribution in [3.05, 3.63) is 115 Å². The molecule has 1 aromatic heterocycles. The normalized spacial score (nSPS) is 18.5. The van der Waals surface area contributed by atoms with E-state index < -0.39 is 18.2 Å². The summed E-state index contributed by atoms with van der Waals surface area (Å²) in [5.41, 5.74) is 3.19. The van der Waals surface area contributed by atoms with E-state index in [2.05, 4.69) is 27.4 Å². The minimum atomic E-state index is -0.892. The Kier molecular flexibility index (Phi) is 8.51. The molecule has 2 saturated heterocycles. The number of para-hydroxylation sites is 1. The molecule has 13 heteroatoms. The average molecular weight is 608 g/mol. The zero-order valence-electron chi connectivity index (χ0n) is 24.5. The Morgan fingerprint density at radius 2 is 1.76 bits per heavy atom. The summed E-state index contributed by atoms with van der Waals surface area (Å²) in [4.78, 5) is 45.2. The molecule has 0 spiro atoms. The molecule has 3 aromatic carbocycles. The van der Waals surface area contributed by atoms with E-state index in [4.69, 9.17) is 0 Å². The molecule has 1 unspecified atom stereocenters. The minimum Gasteiger partial charge on any atom is -0.508 e. The van der Waals surface area contributed by atoms with Gasteiger partial charge in [-0.1, -0.05) is 66.7 Å². The molecule has 2 aliphatic heterocycles. The molecule has 4 aromatic rings. The van der Waals surface area contributed by atoms with Crippen LogP contribution in [0.5, 0.6) is 5.75 Å². The Morgan fingerprint density at radius 1 is 1.00 bits per heavy atom. The summed E-state index contributed by atoms with van der Waals surface area (Å²) in [7, 11) is 0. The van der Waals surface area contributed by atoms with Crippen molar-refractivity contribution in [3.8, 4) is 11.4 Å². The standard InChI is InChI=1S/C32H33N9O4/c1-2-16-38-21-30(43)40-28(17-23-12-14-26(42)15-13-23)31(44)37(19-25-10-6-7-11-27(25)39-22-34-35-36-39)20-29(40)41(38)32(45)33-18-24-8-4-3-5-9-24/h2-15,22,28-29,42H,1,16-21H2,(H,33,45)/t28?,29-/m0/s1. The molecule has 2 fully saturated rings. The van der Waals surface area contributed by atoms with Crippen LogP contribution in [0.1, 0.15) is 16.7 Å². The van der Waals surface area contributed by atoms with Gasteiger partial charge in [-0.15, -0.1) is 11.7 Å². The van der Waals surface area contributed by atoms with Crippen molar-refractivity contribution >= 4 is 17.8 Å². The third-order valence-electron chi connectivity index (χ3n) is 7.98. The number of nitrogens with one attached hydrogen (secondary N) is 1. The summed E-state index contributed by atoms with van der Waals surface area (Å²) in [6.45, 7) is 4.56. The Balaban J connectivity index is 1.36. The number of benzene rings is 3. The second kappa shape index (κ2) is 13.0. The number of hydrazine groups is 1. The Morgan fingerprint density at radius 3 is 2.49 bits per heavy atom. The second-order valence-electron chi connectivity index (χ2n) is 10.9. The molecule has 2 N–H and O–H groups in total. The number of aromatic hydroxyl groups is 1. The lowest BCUT2D eigenvalue weighted by Gasteiger charge is -2.55. The first-order chi connectivity index (χ1) is 21.9. The number of tetrazole rings is 1. The molecule has 230 valence electrons. The third kappa shape index (κ3) is 6.24. The number of fused-ring (bicyclic) bond motifs is 1. The van der Waals surface area contributed by atoms with E-state index in [1.807, 2.05) is 54.6 Å². The van der Waals surface area contributed by atoms with Gasteiger partial charge in [0.2, 0.25) is 11.8 Å². The van der Waals surface area contributed by atoms with Crippen molar-refractivity contribution in [2.24, 2.45) is 0 Å². The molecule has 2 atom stereocenters. The summed E-state index contributed by atoms with van der Waals surface area (Å²) >= 11 is 0. The SMILES string of the molecule is C=CCN1CC(=O)N2C(Cc3ccc(O)cc3)C(=O)N(Cc3ccccc3-n3cnnn3)C[C@@H]2N1C(=O)NCc1ccccc1. The molecule has 0 aliphatic carbocycles. The van der Waals surface area contributed by atoms with E-state index in [0.717, 1.165) is 16.7 Å². The van der Waals surface area contributed by atoms with E-state index in [0.29, 0.717) is 5.69 Å². The average Bonchev–Trinajstić information content (AvgIpc) is 3.59. The number of hydrogen-bond donors (Lipinski definition) is 2. The van der Waals surface area contributed by atoms with E-state index in [1.165, 1.54) is 11.0 Å². The van der Waals surface area contributed by atoms with Gasteiger partial charge >= 0.3 is 6.03 Å². The fourth-order valence-electron chi connectivity index (χ4n) is 5.90. The van der Waals surface area contributed by atoms with Crippen LogP contribution in [-0.4, -0.2) is 94.8 Å². The van der Waals surface area contributed by atoms with Crippen LogP contribution in [0.4, 0.5) is 4.79 Å². The maximum atomic E-state index is 14.3. The summed E-state index contributed by atoms with van der Waals surface area (Å²) < 4.78 is 1.53. The van der Waals surface area contributed by atoms with Crippen molar-refractivity contribution in [2.45, 2.75) is 31.7 Å². The highest BCUT2D eigenvalue weighted by atomic mass is 16.3. The minimum absolute atomic E-state index is 0.0764. The van der Waals surface area contributed by atoms with Gasteiger partial charge in [0, 0.05) is 26.1 Å². The highest BCUT2D eigenvalue weighted by Crippen LogP contribution is 2.30. The molecule has 45 heavy (non-hydrogen) atoms. The van der Waals surface area contributed by atoms with Crippen molar-refractivity contribution in [1.29, 1.82) is 0 Å². The summed E-state index contributed by atoms with van der Waals surface area (Å²) in [5, 5.41) is 27.6. The van der Waals surface area contributed by atoms with Crippen LogP contribution in [-0.2, 0) is 29.1 Å². The number of phenols is 1. The highest BCUT2D eigenvalue weighted by molar-refractivity contribution is 5.91. The molecule has 4 amide bonds. The van der Waals surface area contributed by atoms with Crippen LogP contribution in [0, 0.1) is 0 Å². The maximum Gasteiger partial charge on any atom is 0.334 e. The van der Waals surface area contributed by atoms with Gasteiger partial charge in [0.25, 0.3) is 0 Å². The van der Waals surface area contributed by atoms with E-state index in [9.17, 15) is 19.5 Å². The topological polar surface area (TPSA) is 140 Å². The smallest absolute Gasteiger partial charge is 0.334 e. The van der Waals surface area contributed by atoms with Gasteiger partial charge in [-0.05, 0) is 45.3 Å². The van der Waals surface area contributed by atoms with E-state index in [-0.39, 0.29) is 56.7 Å². The predicted octanol–water partition coefficient (Wildman–Crippen LogP) is 2.10. The van der Waals surface area contributed by atoms with Crippen LogP contribution in [0.3, 0.4) is 0 Å². The summed E-state index contributed by atoms with van der Waals surface area (Å²) in [6, 6.07) is 22.3. The lowest BCUT2D eigenvalue weighted by Crippen LogP contribution is -2.76. The first kappa shape index (κ1) is 29.5. The first-order valence-corrected chi connectivity index (χ1v) is 14.6. The number of nitrogens with zero attached hydrogens (tertiary/aromatic N) is 8. The van der Waals surface area contributed by atoms with Gasteiger partial charge in [-0.3, -0.25) is 9.59 Å². The summed E-state index contributed by atoms with van der Waals surface area (Å²) in [5.74, 6) is -0.413. The van der Waals surface area contributed by atoms with Crippen LogP contribution in [0.2, 0.25) is 0 Å². The van der Waals surface area contributed by atoms with Crippen molar-refractivity contribution < 1.29 is 19.5 Å². The molecule has 13 nitrogen and oxygen atoms in total. The Bertz CT molecular complexity index is 1660. The molecule has 6 rings (SSSR count). The molecule has 2 aliphatic rings. The molecular formula is C32H33N9O4. The lowest BCUT2D eigenvalue weighted by molar-refractivity contribution is -0.189. The maximum absolute atomic E-state index is 14.3. The van der Waals surface area contributed by atoms with Gasteiger partial charge in [-0.2, -0.15) is 0 Å². The first-order valence-electron chi connectivity index (χ1n) is 14.6. The van der Waals surface area contributed by atoms with Gasteiger partial charge in [0.15, 0.2) is 0 Å².